The smallest absolute Gasteiger partial charge is 0.0426 e. The Balaban J connectivity index is 2.13. The molecule has 0 unspecified atom stereocenters. The summed E-state index contributed by atoms with van der Waals surface area (Å²) in [5.74, 6) is 0. The first-order valence-electron chi connectivity index (χ1n) is 7.82. The van der Waals surface area contributed by atoms with Gasteiger partial charge in [-0.25, -0.2) is 0 Å². The van der Waals surface area contributed by atoms with Gasteiger partial charge in [0.15, 0.2) is 0 Å². The molecule has 20 heavy (non-hydrogen) atoms. The highest BCUT2D eigenvalue weighted by atomic mass is 35.5. The Kier molecular flexibility index (Phi) is 5.34. The topological polar surface area (TPSA) is 15.3 Å². The number of nitrogens with zero attached hydrogens (tertiary/aromatic N) is 1. The fourth-order valence-corrected chi connectivity index (χ4v) is 3.05. The molecular weight excluding hydrogens is 268 g/mol. The van der Waals surface area contributed by atoms with Crippen LogP contribution in [0.1, 0.15) is 45.6 Å². The van der Waals surface area contributed by atoms with E-state index in [1.807, 2.05) is 6.07 Å². The maximum Gasteiger partial charge on any atom is 0.0426 e. The standard InChI is InChI=1S/C17H27ClN2/c1-4-17(3)8-10-20(11-9-17)16-12-15(18)7-6-14(16)13-19-5-2/h6-7,12,19H,4-5,8-11,13H2,1-3H3. The van der Waals surface area contributed by atoms with Crippen LogP contribution in [0.5, 0.6) is 0 Å². The maximum absolute atomic E-state index is 6.21. The molecule has 1 aromatic carbocycles. The number of anilines is 1. The first kappa shape index (κ1) is 15.7. The molecule has 1 saturated heterocycles. The van der Waals surface area contributed by atoms with E-state index in [4.69, 9.17) is 11.6 Å². The average molecular weight is 295 g/mol. The minimum Gasteiger partial charge on any atom is -0.371 e. The van der Waals surface area contributed by atoms with Crippen LogP contribution in [0.3, 0.4) is 0 Å². The Bertz CT molecular complexity index is 437. The number of rotatable bonds is 5. The van der Waals surface area contributed by atoms with Gasteiger partial charge in [-0.05, 0) is 42.5 Å². The second-order valence-corrected chi connectivity index (χ2v) is 6.64. The van der Waals surface area contributed by atoms with E-state index in [0.717, 1.165) is 31.2 Å². The molecular formula is C17H27ClN2. The Morgan fingerprint density at radius 3 is 2.55 bits per heavy atom. The molecule has 2 rings (SSSR count). The fourth-order valence-electron chi connectivity index (χ4n) is 2.88. The molecule has 0 atom stereocenters. The van der Waals surface area contributed by atoms with Crippen LogP contribution in [0, 0.1) is 5.41 Å². The highest BCUT2D eigenvalue weighted by Gasteiger charge is 2.29. The first-order chi connectivity index (χ1) is 9.58. The summed E-state index contributed by atoms with van der Waals surface area (Å²) >= 11 is 6.21. The zero-order valence-corrected chi connectivity index (χ0v) is 13.8. The molecule has 3 heteroatoms. The highest BCUT2D eigenvalue weighted by Crippen LogP contribution is 2.37. The van der Waals surface area contributed by atoms with Crippen LogP contribution in [0.2, 0.25) is 5.02 Å². The second kappa shape index (κ2) is 6.82. The van der Waals surface area contributed by atoms with Crippen LogP contribution in [0.25, 0.3) is 0 Å². The number of halogens is 1. The molecule has 0 bridgehead atoms. The van der Waals surface area contributed by atoms with Gasteiger partial charge < -0.3 is 10.2 Å². The highest BCUT2D eigenvalue weighted by molar-refractivity contribution is 6.30. The summed E-state index contributed by atoms with van der Waals surface area (Å²) < 4.78 is 0. The van der Waals surface area contributed by atoms with Gasteiger partial charge in [-0.15, -0.1) is 0 Å². The van der Waals surface area contributed by atoms with Crippen LogP contribution >= 0.6 is 11.6 Å². The molecule has 112 valence electrons. The van der Waals surface area contributed by atoms with Gasteiger partial charge >= 0.3 is 0 Å². The number of benzene rings is 1. The molecule has 1 heterocycles. The molecule has 0 spiro atoms. The lowest BCUT2D eigenvalue weighted by molar-refractivity contribution is 0.238. The third kappa shape index (κ3) is 3.67. The summed E-state index contributed by atoms with van der Waals surface area (Å²) in [7, 11) is 0. The van der Waals surface area contributed by atoms with Gasteiger partial charge in [-0.3, -0.25) is 0 Å². The Morgan fingerprint density at radius 1 is 1.25 bits per heavy atom. The molecule has 1 aromatic rings. The Labute approximate surface area is 128 Å². The lowest BCUT2D eigenvalue weighted by atomic mass is 9.78. The van der Waals surface area contributed by atoms with Crippen molar-refractivity contribution >= 4 is 17.3 Å². The first-order valence-corrected chi connectivity index (χ1v) is 8.20. The van der Waals surface area contributed by atoms with Gasteiger partial charge in [0.2, 0.25) is 0 Å². The number of nitrogens with one attached hydrogen (secondary N) is 1. The minimum atomic E-state index is 0.525. The monoisotopic (exact) mass is 294 g/mol. The molecule has 0 radical (unpaired) electrons. The third-order valence-electron chi connectivity index (χ3n) is 4.78. The predicted molar refractivity (Wildman–Crippen MR) is 88.7 cm³/mol. The summed E-state index contributed by atoms with van der Waals surface area (Å²) in [5.41, 5.74) is 3.20. The van der Waals surface area contributed by atoms with Crippen molar-refractivity contribution in [2.45, 2.75) is 46.6 Å². The van der Waals surface area contributed by atoms with E-state index in [1.54, 1.807) is 0 Å². The van der Waals surface area contributed by atoms with E-state index >= 15 is 0 Å². The molecule has 0 aliphatic carbocycles. The lowest BCUT2D eigenvalue weighted by Crippen LogP contribution is -2.39. The van der Waals surface area contributed by atoms with E-state index in [2.05, 4.69) is 43.1 Å². The molecule has 1 aliphatic rings. The summed E-state index contributed by atoms with van der Waals surface area (Å²) in [6.07, 6.45) is 3.83. The van der Waals surface area contributed by atoms with Gasteiger partial charge in [-0.1, -0.05) is 44.9 Å². The summed E-state index contributed by atoms with van der Waals surface area (Å²) in [6, 6.07) is 6.29. The van der Waals surface area contributed by atoms with E-state index < -0.39 is 0 Å². The van der Waals surface area contributed by atoms with Crippen molar-refractivity contribution in [2.75, 3.05) is 24.5 Å². The minimum absolute atomic E-state index is 0.525. The molecule has 0 amide bonds. The van der Waals surface area contributed by atoms with Crippen LogP contribution in [0.4, 0.5) is 5.69 Å². The average Bonchev–Trinajstić information content (AvgIpc) is 2.47. The third-order valence-corrected chi connectivity index (χ3v) is 5.01. The normalized spacial score (nSPS) is 18.3. The van der Waals surface area contributed by atoms with E-state index in [9.17, 15) is 0 Å². The van der Waals surface area contributed by atoms with Crippen LogP contribution in [-0.4, -0.2) is 19.6 Å². The second-order valence-electron chi connectivity index (χ2n) is 6.20. The van der Waals surface area contributed by atoms with Crippen LogP contribution < -0.4 is 10.2 Å². The van der Waals surface area contributed by atoms with E-state index in [-0.39, 0.29) is 0 Å². The van der Waals surface area contributed by atoms with Gasteiger partial charge in [0.25, 0.3) is 0 Å². The summed E-state index contributed by atoms with van der Waals surface area (Å²) in [5, 5.41) is 4.26. The van der Waals surface area contributed by atoms with E-state index in [0.29, 0.717) is 5.41 Å². The zero-order chi connectivity index (χ0) is 14.6. The van der Waals surface area contributed by atoms with Crippen LogP contribution in [0.15, 0.2) is 18.2 Å². The van der Waals surface area contributed by atoms with Crippen LogP contribution in [-0.2, 0) is 6.54 Å². The number of piperidine rings is 1. The molecule has 1 aliphatic heterocycles. The largest absolute Gasteiger partial charge is 0.371 e. The quantitative estimate of drug-likeness (QED) is 0.862. The van der Waals surface area contributed by atoms with Gasteiger partial charge in [0, 0.05) is 30.3 Å². The summed E-state index contributed by atoms with van der Waals surface area (Å²) in [4.78, 5) is 2.51. The van der Waals surface area contributed by atoms with Crippen molar-refractivity contribution in [1.29, 1.82) is 0 Å². The fraction of sp³-hybridized carbons (Fsp3) is 0.647. The number of hydrogen-bond acceptors (Lipinski definition) is 2. The van der Waals surface area contributed by atoms with Crippen molar-refractivity contribution in [2.24, 2.45) is 5.41 Å². The lowest BCUT2D eigenvalue weighted by Gasteiger charge is -2.40. The van der Waals surface area contributed by atoms with Gasteiger partial charge in [0.1, 0.15) is 0 Å². The maximum atomic E-state index is 6.21. The van der Waals surface area contributed by atoms with Crippen molar-refractivity contribution in [3.05, 3.63) is 28.8 Å². The van der Waals surface area contributed by atoms with Crippen molar-refractivity contribution in [3.63, 3.8) is 0 Å². The Hall–Kier alpha value is -0.730. The van der Waals surface area contributed by atoms with Crippen molar-refractivity contribution in [3.8, 4) is 0 Å². The molecule has 0 saturated carbocycles. The Morgan fingerprint density at radius 2 is 1.95 bits per heavy atom. The molecule has 1 fully saturated rings. The van der Waals surface area contributed by atoms with Gasteiger partial charge in [0.05, 0.1) is 0 Å². The predicted octanol–water partition coefficient (Wildman–Crippen LogP) is 4.47. The van der Waals surface area contributed by atoms with Crippen molar-refractivity contribution in [1.82, 2.24) is 5.32 Å². The zero-order valence-electron chi connectivity index (χ0n) is 13.0. The van der Waals surface area contributed by atoms with Gasteiger partial charge in [-0.2, -0.15) is 0 Å². The molecule has 2 nitrogen and oxygen atoms in total. The molecule has 0 aromatic heterocycles. The summed E-state index contributed by atoms with van der Waals surface area (Å²) in [6.45, 7) is 11.1. The SMILES string of the molecule is CCNCc1ccc(Cl)cc1N1CCC(C)(CC)CC1. The van der Waals surface area contributed by atoms with Crippen molar-refractivity contribution < 1.29 is 0 Å². The van der Waals surface area contributed by atoms with E-state index in [1.165, 1.54) is 30.5 Å². The molecule has 1 N–H and O–H groups in total. The number of hydrogen-bond donors (Lipinski definition) is 1.